The molecule has 0 spiro atoms. The van der Waals surface area contributed by atoms with Gasteiger partial charge >= 0.3 is 0 Å². The van der Waals surface area contributed by atoms with E-state index in [1.54, 1.807) is 11.1 Å². The van der Waals surface area contributed by atoms with Crippen molar-refractivity contribution in [2.24, 2.45) is 10.1 Å². The van der Waals surface area contributed by atoms with Crippen LogP contribution in [0.15, 0.2) is 92.3 Å². The van der Waals surface area contributed by atoms with Gasteiger partial charge in [0.1, 0.15) is 23.8 Å². The SMILES string of the molecule is CCCCOc1ccc(-c2cc(CN3C=C4N=C(c5cccc(F)c5)CCC(C)=C4C=N3)on2)cc1. The maximum Gasteiger partial charge on any atom is 0.158 e. The zero-order chi connectivity index (χ0) is 24.9. The molecule has 0 radical (unpaired) electrons. The van der Waals surface area contributed by atoms with Crippen LogP contribution in [0.2, 0.25) is 0 Å². The fraction of sp³-hybridized carbons (Fsp3) is 0.276. The number of unbranched alkanes of at least 4 members (excludes halogenated alkanes) is 1. The van der Waals surface area contributed by atoms with Crippen molar-refractivity contribution >= 4 is 11.9 Å². The van der Waals surface area contributed by atoms with E-state index < -0.39 is 0 Å². The number of rotatable bonds is 8. The third-order valence-electron chi connectivity index (χ3n) is 6.29. The molecule has 0 unspecified atom stereocenters. The van der Waals surface area contributed by atoms with E-state index in [-0.39, 0.29) is 5.82 Å². The van der Waals surface area contributed by atoms with Crippen LogP contribution in [0.5, 0.6) is 5.75 Å². The third kappa shape index (κ3) is 5.46. The number of hydrogen-bond acceptors (Lipinski definition) is 6. The minimum Gasteiger partial charge on any atom is -0.494 e. The molecule has 0 atom stereocenters. The van der Waals surface area contributed by atoms with Gasteiger partial charge in [0.2, 0.25) is 0 Å². The topological polar surface area (TPSA) is 63.2 Å². The molecule has 0 saturated heterocycles. The first-order chi connectivity index (χ1) is 17.6. The van der Waals surface area contributed by atoms with Gasteiger partial charge in [0.25, 0.3) is 0 Å². The predicted octanol–water partition coefficient (Wildman–Crippen LogP) is 6.90. The maximum absolute atomic E-state index is 13.8. The van der Waals surface area contributed by atoms with E-state index in [2.05, 4.69) is 24.1 Å². The highest BCUT2D eigenvalue weighted by molar-refractivity contribution is 6.03. The van der Waals surface area contributed by atoms with E-state index in [9.17, 15) is 4.39 Å². The zero-order valence-corrected chi connectivity index (χ0v) is 20.6. The Morgan fingerprint density at radius 3 is 2.72 bits per heavy atom. The highest BCUT2D eigenvalue weighted by Gasteiger charge is 2.20. The fourth-order valence-corrected chi connectivity index (χ4v) is 4.20. The highest BCUT2D eigenvalue weighted by atomic mass is 19.1. The van der Waals surface area contributed by atoms with Crippen molar-refractivity contribution in [1.29, 1.82) is 0 Å². The van der Waals surface area contributed by atoms with Crippen molar-refractivity contribution in [3.05, 3.63) is 94.8 Å². The molecule has 1 aromatic heterocycles. The van der Waals surface area contributed by atoms with E-state index in [0.29, 0.717) is 12.3 Å². The Morgan fingerprint density at radius 2 is 1.92 bits per heavy atom. The van der Waals surface area contributed by atoms with Gasteiger partial charge in [-0.05, 0) is 68.1 Å². The normalized spacial score (nSPS) is 15.4. The van der Waals surface area contributed by atoms with Crippen LogP contribution in [0.25, 0.3) is 11.3 Å². The second-order valence-corrected chi connectivity index (χ2v) is 9.02. The summed E-state index contributed by atoms with van der Waals surface area (Å²) in [5.41, 5.74) is 6.44. The van der Waals surface area contributed by atoms with Gasteiger partial charge in [-0.3, -0.25) is 10.0 Å². The van der Waals surface area contributed by atoms with Crippen LogP contribution in [0.3, 0.4) is 0 Å². The summed E-state index contributed by atoms with van der Waals surface area (Å²) >= 11 is 0. The van der Waals surface area contributed by atoms with Crippen LogP contribution in [0.4, 0.5) is 4.39 Å². The Balaban J connectivity index is 1.31. The number of nitrogens with zero attached hydrogens (tertiary/aromatic N) is 4. The zero-order valence-electron chi connectivity index (χ0n) is 20.6. The van der Waals surface area contributed by atoms with Gasteiger partial charge in [0.15, 0.2) is 5.76 Å². The van der Waals surface area contributed by atoms with Crippen LogP contribution in [-0.2, 0) is 6.54 Å². The quantitative estimate of drug-likeness (QED) is 0.326. The standard InChI is InChI=1S/C29H29FN4O2/c1-3-4-14-35-24-11-9-21(10-12-24)28-16-25(36-33-28)18-34-19-29-26(17-31-34)20(2)8-13-27(32-29)22-6-5-7-23(30)15-22/h5-7,9-12,15-17,19H,3-4,8,13-14,18H2,1-2H3. The first kappa shape index (κ1) is 23.7. The molecule has 0 bridgehead atoms. The Morgan fingerprint density at radius 1 is 1.06 bits per heavy atom. The lowest BCUT2D eigenvalue weighted by molar-refractivity contribution is 0.305. The Hall–Kier alpha value is -4.00. The molecular weight excluding hydrogens is 455 g/mol. The smallest absolute Gasteiger partial charge is 0.158 e. The van der Waals surface area contributed by atoms with Crippen LogP contribution in [0.1, 0.15) is 50.9 Å². The average Bonchev–Trinajstić information content (AvgIpc) is 3.28. The van der Waals surface area contributed by atoms with Crippen molar-refractivity contribution in [1.82, 2.24) is 10.2 Å². The molecule has 184 valence electrons. The lowest BCUT2D eigenvalue weighted by Gasteiger charge is -2.19. The third-order valence-corrected chi connectivity index (χ3v) is 6.29. The molecule has 3 heterocycles. The maximum atomic E-state index is 13.8. The number of aliphatic imine (C=N–C) groups is 1. The molecule has 0 saturated carbocycles. The monoisotopic (exact) mass is 484 g/mol. The second-order valence-electron chi connectivity index (χ2n) is 9.02. The van der Waals surface area contributed by atoms with Gasteiger partial charge in [0.05, 0.1) is 24.7 Å². The number of hydrazone groups is 1. The van der Waals surface area contributed by atoms with Gasteiger partial charge in [-0.1, -0.05) is 36.2 Å². The van der Waals surface area contributed by atoms with Gasteiger partial charge < -0.3 is 9.26 Å². The molecule has 2 aromatic carbocycles. The van der Waals surface area contributed by atoms with E-state index in [1.165, 1.54) is 17.7 Å². The molecule has 3 aromatic rings. The van der Waals surface area contributed by atoms with Crippen molar-refractivity contribution in [3.63, 3.8) is 0 Å². The summed E-state index contributed by atoms with van der Waals surface area (Å²) in [6, 6.07) is 16.4. The molecule has 6 nitrogen and oxygen atoms in total. The predicted molar refractivity (Wildman–Crippen MR) is 139 cm³/mol. The summed E-state index contributed by atoms with van der Waals surface area (Å²) in [4.78, 5) is 4.90. The molecule has 2 aliphatic rings. The van der Waals surface area contributed by atoms with Gasteiger partial charge in [-0.2, -0.15) is 5.10 Å². The Bertz CT molecular complexity index is 1350. The van der Waals surface area contributed by atoms with Crippen LogP contribution in [0, 0.1) is 5.82 Å². The largest absolute Gasteiger partial charge is 0.494 e. The number of aromatic nitrogens is 1. The Labute approximate surface area is 210 Å². The van der Waals surface area contributed by atoms with Crippen molar-refractivity contribution < 1.29 is 13.7 Å². The summed E-state index contributed by atoms with van der Waals surface area (Å²) in [7, 11) is 0. The van der Waals surface area contributed by atoms with E-state index in [4.69, 9.17) is 14.3 Å². The van der Waals surface area contributed by atoms with Crippen LogP contribution < -0.4 is 4.74 Å². The number of benzene rings is 2. The second kappa shape index (κ2) is 10.7. The number of ether oxygens (including phenoxy) is 1. The molecule has 0 aliphatic carbocycles. The van der Waals surface area contributed by atoms with Gasteiger partial charge in [-0.15, -0.1) is 0 Å². The molecule has 5 rings (SSSR count). The average molecular weight is 485 g/mol. The first-order valence-corrected chi connectivity index (χ1v) is 12.3. The minimum absolute atomic E-state index is 0.259. The van der Waals surface area contributed by atoms with E-state index in [1.807, 2.05) is 48.8 Å². The molecular formula is C29H29FN4O2. The summed E-state index contributed by atoms with van der Waals surface area (Å²) in [5.74, 6) is 1.28. The van der Waals surface area contributed by atoms with Gasteiger partial charge in [0, 0.05) is 22.9 Å². The molecule has 0 fully saturated rings. The molecule has 0 amide bonds. The molecule has 0 N–H and O–H groups in total. The molecule has 7 heteroatoms. The van der Waals surface area contributed by atoms with Gasteiger partial charge in [-0.25, -0.2) is 4.39 Å². The minimum atomic E-state index is -0.259. The number of halogens is 1. The fourth-order valence-electron chi connectivity index (χ4n) is 4.20. The lowest BCUT2D eigenvalue weighted by atomic mass is 10.0. The van der Waals surface area contributed by atoms with E-state index >= 15 is 0 Å². The summed E-state index contributed by atoms with van der Waals surface area (Å²) in [6.07, 6.45) is 7.50. The highest BCUT2D eigenvalue weighted by Crippen LogP contribution is 2.29. The van der Waals surface area contributed by atoms with Crippen LogP contribution in [-0.4, -0.2) is 28.7 Å². The molecule has 36 heavy (non-hydrogen) atoms. The summed E-state index contributed by atoms with van der Waals surface area (Å²) in [6.45, 7) is 5.38. The number of hydrogen-bond donors (Lipinski definition) is 0. The number of allylic oxidation sites excluding steroid dienone is 2. The Kier molecular flexibility index (Phi) is 7.07. The van der Waals surface area contributed by atoms with Crippen molar-refractivity contribution in [3.8, 4) is 17.0 Å². The first-order valence-electron chi connectivity index (χ1n) is 12.3. The van der Waals surface area contributed by atoms with E-state index in [0.717, 1.165) is 71.8 Å². The summed E-state index contributed by atoms with van der Waals surface area (Å²) < 4.78 is 25.2. The lowest BCUT2D eigenvalue weighted by Crippen LogP contribution is -2.16. The van der Waals surface area contributed by atoms with Crippen molar-refractivity contribution in [2.45, 2.75) is 46.1 Å². The van der Waals surface area contributed by atoms with Crippen LogP contribution >= 0.6 is 0 Å². The van der Waals surface area contributed by atoms with Crippen molar-refractivity contribution in [2.75, 3.05) is 6.61 Å². The number of fused-ring (bicyclic) bond motifs is 1. The summed E-state index contributed by atoms with van der Waals surface area (Å²) in [5, 5.41) is 10.6. The molecule has 2 aliphatic heterocycles.